The SMILES string of the molecule is Oc1ccc(C(c2ccccc2)N2CCNCC2)cc1. The molecule has 3 nitrogen and oxygen atoms in total. The fourth-order valence-electron chi connectivity index (χ4n) is 2.85. The van der Waals surface area contributed by atoms with Crippen molar-refractivity contribution in [1.29, 1.82) is 0 Å². The largest absolute Gasteiger partial charge is 0.508 e. The van der Waals surface area contributed by atoms with Crippen molar-refractivity contribution in [2.75, 3.05) is 26.2 Å². The first-order chi connectivity index (χ1) is 9.84. The molecular formula is C17H20N2O. The smallest absolute Gasteiger partial charge is 0.115 e. The van der Waals surface area contributed by atoms with Crippen LogP contribution in [0.1, 0.15) is 17.2 Å². The Kier molecular flexibility index (Phi) is 4.00. The Morgan fingerprint density at radius 1 is 0.850 bits per heavy atom. The van der Waals surface area contributed by atoms with E-state index in [1.165, 1.54) is 11.1 Å². The normalized spacial score (nSPS) is 17.8. The molecule has 1 atom stereocenters. The van der Waals surface area contributed by atoms with E-state index in [2.05, 4.69) is 40.5 Å². The number of nitrogens with zero attached hydrogens (tertiary/aromatic N) is 1. The Hall–Kier alpha value is -1.84. The zero-order valence-corrected chi connectivity index (χ0v) is 11.5. The van der Waals surface area contributed by atoms with Crippen molar-refractivity contribution in [3.8, 4) is 5.75 Å². The highest BCUT2D eigenvalue weighted by atomic mass is 16.3. The van der Waals surface area contributed by atoms with Crippen LogP contribution >= 0.6 is 0 Å². The van der Waals surface area contributed by atoms with E-state index in [1.807, 2.05) is 12.1 Å². The fourth-order valence-corrected chi connectivity index (χ4v) is 2.85. The van der Waals surface area contributed by atoms with Crippen LogP contribution in [0.25, 0.3) is 0 Å². The van der Waals surface area contributed by atoms with E-state index in [4.69, 9.17) is 0 Å². The predicted molar refractivity (Wildman–Crippen MR) is 80.8 cm³/mol. The van der Waals surface area contributed by atoms with Crippen LogP contribution in [-0.2, 0) is 0 Å². The Morgan fingerprint density at radius 3 is 2.10 bits per heavy atom. The third kappa shape index (κ3) is 2.84. The highest BCUT2D eigenvalue weighted by Crippen LogP contribution is 2.29. The van der Waals surface area contributed by atoms with Gasteiger partial charge in [0, 0.05) is 26.2 Å². The molecule has 0 aliphatic carbocycles. The summed E-state index contributed by atoms with van der Waals surface area (Å²) in [5, 5.41) is 12.9. The lowest BCUT2D eigenvalue weighted by Gasteiger charge is -2.35. The molecule has 0 amide bonds. The molecule has 0 radical (unpaired) electrons. The monoisotopic (exact) mass is 268 g/mol. The number of phenolic OH excluding ortho intramolecular Hbond substituents is 1. The molecule has 0 aromatic heterocycles. The molecule has 0 spiro atoms. The van der Waals surface area contributed by atoms with E-state index < -0.39 is 0 Å². The number of piperazine rings is 1. The van der Waals surface area contributed by atoms with Crippen LogP contribution in [0.5, 0.6) is 5.75 Å². The Balaban J connectivity index is 1.96. The summed E-state index contributed by atoms with van der Waals surface area (Å²) in [6.45, 7) is 4.14. The fraction of sp³-hybridized carbons (Fsp3) is 0.294. The molecule has 2 aromatic carbocycles. The minimum Gasteiger partial charge on any atom is -0.508 e. The number of nitrogens with one attached hydrogen (secondary N) is 1. The summed E-state index contributed by atoms with van der Waals surface area (Å²) in [5.41, 5.74) is 2.54. The second-order valence-corrected chi connectivity index (χ2v) is 5.19. The van der Waals surface area contributed by atoms with Gasteiger partial charge < -0.3 is 10.4 Å². The van der Waals surface area contributed by atoms with E-state index in [0.29, 0.717) is 5.75 Å². The molecule has 104 valence electrons. The van der Waals surface area contributed by atoms with Gasteiger partial charge in [0.05, 0.1) is 6.04 Å². The summed E-state index contributed by atoms with van der Waals surface area (Å²) >= 11 is 0. The van der Waals surface area contributed by atoms with Crippen molar-refractivity contribution >= 4 is 0 Å². The lowest BCUT2D eigenvalue weighted by atomic mass is 9.96. The summed E-state index contributed by atoms with van der Waals surface area (Å²) in [5.74, 6) is 0.320. The van der Waals surface area contributed by atoms with Gasteiger partial charge >= 0.3 is 0 Å². The number of hydrogen-bond donors (Lipinski definition) is 2. The van der Waals surface area contributed by atoms with Crippen LogP contribution in [0.4, 0.5) is 0 Å². The van der Waals surface area contributed by atoms with Gasteiger partial charge in [0.25, 0.3) is 0 Å². The first-order valence-corrected chi connectivity index (χ1v) is 7.13. The molecule has 1 saturated heterocycles. The van der Waals surface area contributed by atoms with Crippen LogP contribution in [0.2, 0.25) is 0 Å². The Bertz CT molecular complexity index is 533. The number of rotatable bonds is 3. The number of aromatic hydroxyl groups is 1. The van der Waals surface area contributed by atoms with Crippen molar-refractivity contribution in [3.05, 3.63) is 65.7 Å². The van der Waals surface area contributed by atoms with Gasteiger partial charge in [-0.05, 0) is 23.3 Å². The van der Waals surface area contributed by atoms with Crippen molar-refractivity contribution in [1.82, 2.24) is 10.2 Å². The maximum atomic E-state index is 9.50. The molecule has 3 rings (SSSR count). The van der Waals surface area contributed by atoms with Crippen LogP contribution in [0.15, 0.2) is 54.6 Å². The first kappa shape index (κ1) is 13.2. The summed E-state index contributed by atoms with van der Waals surface area (Å²) in [6, 6.07) is 18.4. The molecule has 0 bridgehead atoms. The number of hydrogen-bond acceptors (Lipinski definition) is 3. The highest BCUT2D eigenvalue weighted by Gasteiger charge is 2.23. The zero-order valence-electron chi connectivity index (χ0n) is 11.5. The Labute approximate surface area is 119 Å². The van der Waals surface area contributed by atoms with Gasteiger partial charge in [-0.15, -0.1) is 0 Å². The minimum absolute atomic E-state index is 0.263. The van der Waals surface area contributed by atoms with Crippen molar-refractivity contribution in [3.63, 3.8) is 0 Å². The molecule has 1 aliphatic rings. The van der Waals surface area contributed by atoms with E-state index >= 15 is 0 Å². The average molecular weight is 268 g/mol. The Morgan fingerprint density at radius 2 is 1.45 bits per heavy atom. The van der Waals surface area contributed by atoms with Gasteiger partial charge in [0.1, 0.15) is 5.75 Å². The van der Waals surface area contributed by atoms with E-state index in [0.717, 1.165) is 26.2 Å². The quantitative estimate of drug-likeness (QED) is 0.897. The van der Waals surface area contributed by atoms with Crippen molar-refractivity contribution in [2.24, 2.45) is 0 Å². The maximum absolute atomic E-state index is 9.50. The molecule has 20 heavy (non-hydrogen) atoms. The third-order valence-electron chi connectivity index (χ3n) is 3.84. The molecule has 2 N–H and O–H groups in total. The van der Waals surface area contributed by atoms with E-state index in [1.54, 1.807) is 12.1 Å². The molecular weight excluding hydrogens is 248 g/mol. The van der Waals surface area contributed by atoms with Crippen molar-refractivity contribution in [2.45, 2.75) is 6.04 Å². The molecule has 1 fully saturated rings. The second kappa shape index (κ2) is 6.07. The second-order valence-electron chi connectivity index (χ2n) is 5.19. The van der Waals surface area contributed by atoms with Crippen LogP contribution in [-0.4, -0.2) is 36.2 Å². The van der Waals surface area contributed by atoms with Crippen LogP contribution in [0.3, 0.4) is 0 Å². The van der Waals surface area contributed by atoms with Gasteiger partial charge in [-0.1, -0.05) is 42.5 Å². The predicted octanol–water partition coefficient (Wildman–Crippen LogP) is 2.39. The molecule has 0 saturated carbocycles. The molecule has 3 heteroatoms. The summed E-state index contributed by atoms with van der Waals surface area (Å²) in [6.07, 6.45) is 0. The van der Waals surface area contributed by atoms with E-state index in [9.17, 15) is 5.11 Å². The van der Waals surface area contributed by atoms with Gasteiger partial charge in [-0.3, -0.25) is 4.90 Å². The van der Waals surface area contributed by atoms with Gasteiger partial charge in [-0.25, -0.2) is 0 Å². The lowest BCUT2D eigenvalue weighted by molar-refractivity contribution is 0.198. The topological polar surface area (TPSA) is 35.5 Å². The summed E-state index contributed by atoms with van der Waals surface area (Å²) < 4.78 is 0. The molecule has 2 aromatic rings. The van der Waals surface area contributed by atoms with Crippen LogP contribution in [0, 0.1) is 0 Å². The number of phenols is 1. The standard InChI is InChI=1S/C17H20N2O/c20-16-8-6-15(7-9-16)17(14-4-2-1-3-5-14)19-12-10-18-11-13-19/h1-9,17-18,20H,10-13H2. The average Bonchev–Trinajstić information content (AvgIpc) is 2.52. The first-order valence-electron chi connectivity index (χ1n) is 7.13. The van der Waals surface area contributed by atoms with Crippen molar-refractivity contribution < 1.29 is 5.11 Å². The minimum atomic E-state index is 0.263. The summed E-state index contributed by atoms with van der Waals surface area (Å²) in [7, 11) is 0. The summed E-state index contributed by atoms with van der Waals surface area (Å²) in [4.78, 5) is 2.50. The number of benzene rings is 2. The third-order valence-corrected chi connectivity index (χ3v) is 3.84. The maximum Gasteiger partial charge on any atom is 0.115 e. The van der Waals surface area contributed by atoms with Gasteiger partial charge in [0.2, 0.25) is 0 Å². The zero-order chi connectivity index (χ0) is 13.8. The molecule has 1 heterocycles. The van der Waals surface area contributed by atoms with E-state index in [-0.39, 0.29) is 6.04 Å². The van der Waals surface area contributed by atoms with Gasteiger partial charge in [0.15, 0.2) is 0 Å². The van der Waals surface area contributed by atoms with Crippen LogP contribution < -0.4 is 5.32 Å². The molecule has 1 unspecified atom stereocenters. The lowest BCUT2D eigenvalue weighted by Crippen LogP contribution is -2.45. The van der Waals surface area contributed by atoms with Gasteiger partial charge in [-0.2, -0.15) is 0 Å². The highest BCUT2D eigenvalue weighted by molar-refractivity contribution is 5.35. The molecule has 1 aliphatic heterocycles.